The first-order valence-electron chi connectivity index (χ1n) is 5.79. The molecule has 0 aliphatic heterocycles. The standard InChI is InChI=1S/C14H12N4O2/c1-19-13-12(8-5-9-16-13)18-14(17-10-15)20-11-6-3-2-4-7-11/h2-9H,1H3,(H,17,18). The smallest absolute Gasteiger partial charge is 0.309 e. The van der Waals surface area contributed by atoms with E-state index in [1.165, 1.54) is 7.11 Å². The van der Waals surface area contributed by atoms with Crippen molar-refractivity contribution in [3.63, 3.8) is 0 Å². The molecule has 0 saturated heterocycles. The summed E-state index contributed by atoms with van der Waals surface area (Å²) in [5, 5.41) is 11.1. The summed E-state index contributed by atoms with van der Waals surface area (Å²) in [7, 11) is 1.50. The Morgan fingerprint density at radius 3 is 2.75 bits per heavy atom. The quantitative estimate of drug-likeness (QED) is 0.399. The van der Waals surface area contributed by atoms with E-state index in [1.807, 2.05) is 18.2 Å². The zero-order valence-electron chi connectivity index (χ0n) is 10.8. The summed E-state index contributed by atoms with van der Waals surface area (Å²) in [6, 6.07) is 12.5. The highest BCUT2D eigenvalue weighted by molar-refractivity contribution is 5.81. The molecule has 0 saturated carbocycles. The summed E-state index contributed by atoms with van der Waals surface area (Å²) in [4.78, 5) is 8.21. The van der Waals surface area contributed by atoms with Crippen molar-refractivity contribution < 1.29 is 9.47 Å². The van der Waals surface area contributed by atoms with Crippen molar-refractivity contribution in [2.75, 3.05) is 7.11 Å². The number of amidine groups is 1. The van der Waals surface area contributed by atoms with Gasteiger partial charge in [0.15, 0.2) is 6.19 Å². The van der Waals surface area contributed by atoms with Gasteiger partial charge in [-0.2, -0.15) is 10.3 Å². The first-order chi connectivity index (χ1) is 9.83. The predicted octanol–water partition coefficient (Wildman–Crippen LogP) is 2.23. The molecule has 0 radical (unpaired) electrons. The van der Waals surface area contributed by atoms with Crippen LogP contribution in [-0.4, -0.2) is 18.1 Å². The van der Waals surface area contributed by atoms with E-state index < -0.39 is 0 Å². The van der Waals surface area contributed by atoms with Gasteiger partial charge in [-0.1, -0.05) is 18.2 Å². The van der Waals surface area contributed by atoms with Crippen LogP contribution in [0.25, 0.3) is 0 Å². The van der Waals surface area contributed by atoms with Crippen LogP contribution in [0.3, 0.4) is 0 Å². The van der Waals surface area contributed by atoms with E-state index in [2.05, 4.69) is 15.3 Å². The molecule has 0 atom stereocenters. The van der Waals surface area contributed by atoms with Crippen LogP contribution in [0.1, 0.15) is 0 Å². The van der Waals surface area contributed by atoms with E-state index in [0.29, 0.717) is 17.3 Å². The van der Waals surface area contributed by atoms with Gasteiger partial charge in [0.25, 0.3) is 0 Å². The van der Waals surface area contributed by atoms with Crippen LogP contribution in [0.2, 0.25) is 0 Å². The van der Waals surface area contributed by atoms with Gasteiger partial charge in [-0.3, -0.25) is 0 Å². The van der Waals surface area contributed by atoms with Crippen LogP contribution in [0.15, 0.2) is 53.7 Å². The lowest BCUT2D eigenvalue weighted by atomic mass is 10.3. The Balaban J connectivity index is 2.28. The number of nitrogens with one attached hydrogen (secondary N) is 1. The number of pyridine rings is 1. The van der Waals surface area contributed by atoms with Crippen molar-refractivity contribution in [2.45, 2.75) is 0 Å². The lowest BCUT2D eigenvalue weighted by molar-refractivity contribution is 0.399. The van der Waals surface area contributed by atoms with E-state index in [-0.39, 0.29) is 6.02 Å². The molecule has 1 aromatic carbocycles. The molecule has 100 valence electrons. The number of benzene rings is 1. The second kappa shape index (κ2) is 6.75. The van der Waals surface area contributed by atoms with Gasteiger partial charge in [-0.15, -0.1) is 0 Å². The maximum absolute atomic E-state index is 8.75. The topological polar surface area (TPSA) is 79.5 Å². The fourth-order valence-corrected chi connectivity index (χ4v) is 1.46. The van der Waals surface area contributed by atoms with Gasteiger partial charge < -0.3 is 9.47 Å². The third kappa shape index (κ3) is 3.46. The molecule has 20 heavy (non-hydrogen) atoms. The number of methoxy groups -OCH3 is 1. The molecule has 0 spiro atoms. The summed E-state index contributed by atoms with van der Waals surface area (Å²) in [5.74, 6) is 0.915. The van der Waals surface area contributed by atoms with Gasteiger partial charge in [0.05, 0.1) is 7.11 Å². The maximum Gasteiger partial charge on any atom is 0.309 e. The highest BCUT2D eigenvalue weighted by Gasteiger charge is 2.06. The fraction of sp³-hybridized carbons (Fsp3) is 0.0714. The Morgan fingerprint density at radius 2 is 2.05 bits per heavy atom. The lowest BCUT2D eigenvalue weighted by Crippen LogP contribution is -2.24. The lowest BCUT2D eigenvalue weighted by Gasteiger charge is -2.07. The number of ether oxygens (including phenoxy) is 2. The van der Waals surface area contributed by atoms with Crippen LogP contribution >= 0.6 is 0 Å². The first kappa shape index (κ1) is 13.4. The number of hydrogen-bond acceptors (Lipinski definition) is 5. The third-order valence-electron chi connectivity index (χ3n) is 2.29. The Hall–Kier alpha value is -3.07. The normalized spacial score (nSPS) is 10.5. The Bertz CT molecular complexity index is 635. The molecule has 0 aliphatic rings. The summed E-state index contributed by atoms with van der Waals surface area (Å²) in [6.45, 7) is 0. The highest BCUT2D eigenvalue weighted by Crippen LogP contribution is 2.23. The fourth-order valence-electron chi connectivity index (χ4n) is 1.46. The number of nitrogens with zero attached hydrogens (tertiary/aromatic N) is 3. The van der Waals surface area contributed by atoms with E-state index in [9.17, 15) is 0 Å². The number of aliphatic imine (C=N–C) groups is 1. The van der Waals surface area contributed by atoms with Gasteiger partial charge >= 0.3 is 6.02 Å². The summed E-state index contributed by atoms with van der Waals surface area (Å²) in [6.07, 6.45) is 3.37. The average molecular weight is 268 g/mol. The van der Waals surface area contributed by atoms with E-state index in [0.717, 1.165) is 0 Å². The monoisotopic (exact) mass is 268 g/mol. The van der Waals surface area contributed by atoms with Gasteiger partial charge in [0, 0.05) is 6.20 Å². The third-order valence-corrected chi connectivity index (χ3v) is 2.29. The minimum atomic E-state index is 0.0463. The minimum absolute atomic E-state index is 0.0463. The van der Waals surface area contributed by atoms with Gasteiger partial charge in [-0.25, -0.2) is 10.3 Å². The van der Waals surface area contributed by atoms with Gasteiger partial charge in [0.1, 0.15) is 11.4 Å². The molecular formula is C14H12N4O2. The SMILES string of the molecule is COc1ncccc1N=C(NC#N)Oc1ccccc1. The Labute approximate surface area is 116 Å². The molecule has 1 heterocycles. The number of nitriles is 1. The van der Waals surface area contributed by atoms with E-state index in [1.54, 1.807) is 36.7 Å². The molecular weight excluding hydrogens is 256 g/mol. The van der Waals surface area contributed by atoms with Crippen molar-refractivity contribution in [3.8, 4) is 17.8 Å². The van der Waals surface area contributed by atoms with Crippen LogP contribution in [0.5, 0.6) is 11.6 Å². The van der Waals surface area contributed by atoms with Crippen LogP contribution < -0.4 is 14.8 Å². The molecule has 0 fully saturated rings. The zero-order valence-corrected chi connectivity index (χ0v) is 10.8. The van der Waals surface area contributed by atoms with Crippen LogP contribution in [0.4, 0.5) is 5.69 Å². The number of para-hydroxylation sites is 1. The Kier molecular flexibility index (Phi) is 4.51. The van der Waals surface area contributed by atoms with Crippen LogP contribution in [-0.2, 0) is 0 Å². The van der Waals surface area contributed by atoms with Crippen molar-refractivity contribution >= 4 is 11.7 Å². The minimum Gasteiger partial charge on any atom is -0.479 e. The average Bonchev–Trinajstić information content (AvgIpc) is 2.49. The number of rotatable bonds is 3. The molecule has 0 unspecified atom stereocenters. The first-order valence-corrected chi connectivity index (χ1v) is 5.79. The van der Waals surface area contributed by atoms with E-state index in [4.69, 9.17) is 14.7 Å². The number of hydrogen-bond donors (Lipinski definition) is 1. The molecule has 2 rings (SSSR count). The summed E-state index contributed by atoms with van der Waals surface area (Å²) >= 11 is 0. The largest absolute Gasteiger partial charge is 0.479 e. The molecule has 1 N–H and O–H groups in total. The molecule has 6 nitrogen and oxygen atoms in total. The van der Waals surface area contributed by atoms with Crippen LogP contribution in [0, 0.1) is 11.5 Å². The second-order valence-corrected chi connectivity index (χ2v) is 3.60. The van der Waals surface area contributed by atoms with Gasteiger partial charge in [0.2, 0.25) is 5.88 Å². The number of aromatic nitrogens is 1. The summed E-state index contributed by atoms with van der Waals surface area (Å²) < 4.78 is 10.6. The molecule has 1 aromatic heterocycles. The van der Waals surface area contributed by atoms with Crippen molar-refractivity contribution in [3.05, 3.63) is 48.7 Å². The molecule has 0 bridgehead atoms. The van der Waals surface area contributed by atoms with Crippen molar-refractivity contribution in [2.24, 2.45) is 4.99 Å². The summed E-state index contributed by atoms with van der Waals surface area (Å²) in [5.41, 5.74) is 0.462. The second-order valence-electron chi connectivity index (χ2n) is 3.60. The molecule has 2 aromatic rings. The zero-order chi connectivity index (χ0) is 14.2. The highest BCUT2D eigenvalue weighted by atomic mass is 16.5. The van der Waals surface area contributed by atoms with Crippen molar-refractivity contribution in [1.29, 1.82) is 5.26 Å². The Morgan fingerprint density at radius 1 is 1.25 bits per heavy atom. The molecule has 6 heteroatoms. The van der Waals surface area contributed by atoms with Gasteiger partial charge in [-0.05, 0) is 24.3 Å². The molecule has 0 aliphatic carbocycles. The maximum atomic E-state index is 8.75. The molecule has 0 amide bonds. The van der Waals surface area contributed by atoms with E-state index >= 15 is 0 Å². The van der Waals surface area contributed by atoms with Crippen molar-refractivity contribution in [1.82, 2.24) is 10.3 Å². The predicted molar refractivity (Wildman–Crippen MR) is 73.7 cm³/mol.